The average Bonchev–Trinajstić information content (AvgIpc) is 2.66. The Morgan fingerprint density at radius 2 is 1.92 bits per heavy atom. The van der Waals surface area contributed by atoms with E-state index in [1.54, 1.807) is 30.6 Å². The zero-order valence-electron chi connectivity index (χ0n) is 14.4. The first kappa shape index (κ1) is 19.3. The molecular weight excluding hydrogens is 465 g/mol. The van der Waals surface area contributed by atoms with Crippen LogP contribution in [0.5, 0.6) is 0 Å². The molecule has 2 aromatic rings. The number of nitrogens with zero attached hydrogens (tertiary/aromatic N) is 4. The quantitative estimate of drug-likeness (QED) is 0.504. The first-order chi connectivity index (χ1) is 12.6. The molecule has 1 aliphatic rings. The Hall–Kier alpha value is -1.45. The molecule has 1 saturated heterocycles. The van der Waals surface area contributed by atoms with Gasteiger partial charge >= 0.3 is 0 Å². The Balaban J connectivity index is 1.36. The lowest BCUT2D eigenvalue weighted by molar-refractivity contribution is 0.0950. The topological polar surface area (TPSA) is 61.4 Å². The highest BCUT2D eigenvalue weighted by Crippen LogP contribution is 2.18. The van der Waals surface area contributed by atoms with E-state index in [0.717, 1.165) is 48.7 Å². The molecule has 0 saturated carbocycles. The normalized spacial score (nSPS) is 15.1. The number of rotatable bonds is 6. The number of halogens is 2. The molecule has 2 heterocycles. The van der Waals surface area contributed by atoms with Crippen molar-refractivity contribution >= 4 is 46.0 Å². The smallest absolute Gasteiger partial charge is 0.252 e. The lowest BCUT2D eigenvalue weighted by atomic mass is 10.2. The van der Waals surface area contributed by atoms with Gasteiger partial charge in [0.05, 0.1) is 5.56 Å². The molecule has 0 radical (unpaired) electrons. The van der Waals surface area contributed by atoms with Gasteiger partial charge in [-0.3, -0.25) is 9.69 Å². The first-order valence-electron chi connectivity index (χ1n) is 8.61. The summed E-state index contributed by atoms with van der Waals surface area (Å²) in [6.45, 7) is 5.47. The van der Waals surface area contributed by atoms with Gasteiger partial charge in [-0.15, -0.1) is 0 Å². The van der Waals surface area contributed by atoms with Gasteiger partial charge in [-0.05, 0) is 59.8 Å². The van der Waals surface area contributed by atoms with Crippen molar-refractivity contribution in [3.63, 3.8) is 0 Å². The minimum absolute atomic E-state index is 0.0443. The van der Waals surface area contributed by atoms with Crippen molar-refractivity contribution in [3.8, 4) is 0 Å². The molecule has 3 rings (SSSR count). The molecule has 1 aromatic heterocycles. The van der Waals surface area contributed by atoms with Crippen molar-refractivity contribution in [2.24, 2.45) is 0 Å². The van der Waals surface area contributed by atoms with Crippen LogP contribution in [0.25, 0.3) is 0 Å². The van der Waals surface area contributed by atoms with E-state index >= 15 is 0 Å². The molecule has 1 amide bonds. The van der Waals surface area contributed by atoms with Crippen LogP contribution in [0.15, 0.2) is 36.7 Å². The Morgan fingerprint density at radius 3 is 2.62 bits per heavy atom. The lowest BCUT2D eigenvalue weighted by Gasteiger charge is -2.34. The number of piperazine rings is 1. The van der Waals surface area contributed by atoms with E-state index in [9.17, 15) is 4.79 Å². The molecule has 6 nitrogen and oxygen atoms in total. The van der Waals surface area contributed by atoms with Crippen molar-refractivity contribution in [1.29, 1.82) is 0 Å². The number of carbonyl (C=O) groups is 1. The number of aromatic nitrogens is 2. The standard InChI is InChI=1S/C18H21ClIN5O/c19-14-3-4-15(16(20)13-14)17(26)21-7-2-8-24-9-11-25(12-10-24)18-22-5-1-6-23-18/h1,3-6,13H,2,7-12H2,(H,21,26). The van der Waals surface area contributed by atoms with Gasteiger partial charge in [-0.25, -0.2) is 9.97 Å². The predicted molar refractivity (Wildman–Crippen MR) is 112 cm³/mol. The third-order valence-electron chi connectivity index (χ3n) is 4.32. The Bertz CT molecular complexity index is 738. The minimum atomic E-state index is -0.0443. The van der Waals surface area contributed by atoms with E-state index in [0.29, 0.717) is 17.1 Å². The highest BCUT2D eigenvalue weighted by atomic mass is 127. The second-order valence-electron chi connectivity index (χ2n) is 6.11. The number of nitrogens with one attached hydrogen (secondary N) is 1. The van der Waals surface area contributed by atoms with E-state index in [-0.39, 0.29) is 5.91 Å². The van der Waals surface area contributed by atoms with Crippen molar-refractivity contribution < 1.29 is 4.79 Å². The summed E-state index contributed by atoms with van der Waals surface area (Å²) in [6, 6.07) is 7.14. The maximum absolute atomic E-state index is 12.2. The third kappa shape index (κ3) is 5.28. The highest BCUT2D eigenvalue weighted by Gasteiger charge is 2.18. The first-order valence-corrected chi connectivity index (χ1v) is 10.1. The minimum Gasteiger partial charge on any atom is -0.352 e. The van der Waals surface area contributed by atoms with E-state index in [1.807, 2.05) is 6.07 Å². The molecule has 1 fully saturated rings. The molecule has 0 unspecified atom stereocenters. The number of anilines is 1. The van der Waals surface area contributed by atoms with Crippen LogP contribution in [0.1, 0.15) is 16.8 Å². The molecule has 1 aromatic carbocycles. The molecule has 0 aliphatic carbocycles. The fourth-order valence-corrected chi connectivity index (χ4v) is 4.02. The van der Waals surface area contributed by atoms with Gasteiger partial charge in [0, 0.05) is 53.7 Å². The fourth-order valence-electron chi connectivity index (χ4n) is 2.90. The zero-order chi connectivity index (χ0) is 18.4. The summed E-state index contributed by atoms with van der Waals surface area (Å²) in [5.41, 5.74) is 0.673. The molecule has 1 aliphatic heterocycles. The summed E-state index contributed by atoms with van der Waals surface area (Å²) in [4.78, 5) is 25.5. The van der Waals surface area contributed by atoms with Gasteiger partial charge in [0.15, 0.2) is 0 Å². The number of hydrogen-bond donors (Lipinski definition) is 1. The van der Waals surface area contributed by atoms with Crippen molar-refractivity contribution in [1.82, 2.24) is 20.2 Å². The molecule has 0 spiro atoms. The predicted octanol–water partition coefficient (Wildman–Crippen LogP) is 2.68. The van der Waals surface area contributed by atoms with Gasteiger partial charge in [-0.1, -0.05) is 11.6 Å². The highest BCUT2D eigenvalue weighted by molar-refractivity contribution is 14.1. The second kappa shape index (κ2) is 9.48. The number of carbonyl (C=O) groups excluding carboxylic acids is 1. The number of amides is 1. The van der Waals surface area contributed by atoms with Crippen molar-refractivity contribution in [3.05, 3.63) is 50.8 Å². The maximum atomic E-state index is 12.2. The van der Waals surface area contributed by atoms with Gasteiger partial charge in [0.1, 0.15) is 0 Å². The summed E-state index contributed by atoms with van der Waals surface area (Å²) in [6.07, 6.45) is 4.48. The monoisotopic (exact) mass is 485 g/mol. The fraction of sp³-hybridized carbons (Fsp3) is 0.389. The molecule has 0 atom stereocenters. The van der Waals surface area contributed by atoms with Gasteiger partial charge in [0.25, 0.3) is 5.91 Å². The zero-order valence-corrected chi connectivity index (χ0v) is 17.3. The molecular formula is C18H21ClIN5O. The van der Waals surface area contributed by atoms with Gasteiger partial charge in [0.2, 0.25) is 5.95 Å². The Labute approximate surface area is 172 Å². The molecule has 26 heavy (non-hydrogen) atoms. The second-order valence-corrected chi connectivity index (χ2v) is 7.71. The summed E-state index contributed by atoms with van der Waals surface area (Å²) < 4.78 is 0.867. The van der Waals surface area contributed by atoms with Crippen LogP contribution in [0, 0.1) is 3.57 Å². The van der Waals surface area contributed by atoms with Crippen LogP contribution < -0.4 is 10.2 Å². The van der Waals surface area contributed by atoms with Gasteiger partial charge in [-0.2, -0.15) is 0 Å². The van der Waals surface area contributed by atoms with Crippen molar-refractivity contribution in [2.75, 3.05) is 44.2 Å². The van der Waals surface area contributed by atoms with Crippen LogP contribution in [0.4, 0.5) is 5.95 Å². The van der Waals surface area contributed by atoms with E-state index in [1.165, 1.54) is 0 Å². The van der Waals surface area contributed by atoms with Gasteiger partial charge < -0.3 is 10.2 Å². The summed E-state index contributed by atoms with van der Waals surface area (Å²) in [5.74, 6) is 0.758. The van der Waals surface area contributed by atoms with Crippen LogP contribution in [0.3, 0.4) is 0 Å². The van der Waals surface area contributed by atoms with Crippen molar-refractivity contribution in [2.45, 2.75) is 6.42 Å². The van der Waals surface area contributed by atoms with Crippen LogP contribution in [0.2, 0.25) is 5.02 Å². The van der Waals surface area contributed by atoms with E-state index in [2.05, 4.69) is 47.7 Å². The maximum Gasteiger partial charge on any atom is 0.252 e. The van der Waals surface area contributed by atoms with E-state index < -0.39 is 0 Å². The van der Waals surface area contributed by atoms with Crippen LogP contribution >= 0.6 is 34.2 Å². The van der Waals surface area contributed by atoms with Crippen LogP contribution in [-0.4, -0.2) is 60.0 Å². The van der Waals surface area contributed by atoms with E-state index in [4.69, 9.17) is 11.6 Å². The van der Waals surface area contributed by atoms with Crippen LogP contribution in [-0.2, 0) is 0 Å². The largest absolute Gasteiger partial charge is 0.352 e. The Morgan fingerprint density at radius 1 is 1.19 bits per heavy atom. The summed E-state index contributed by atoms with van der Waals surface area (Å²) in [5, 5.41) is 3.63. The summed E-state index contributed by atoms with van der Waals surface area (Å²) >= 11 is 8.07. The average molecular weight is 486 g/mol. The third-order valence-corrected chi connectivity index (χ3v) is 5.45. The summed E-state index contributed by atoms with van der Waals surface area (Å²) in [7, 11) is 0. The number of benzene rings is 1. The number of hydrogen-bond acceptors (Lipinski definition) is 5. The molecule has 138 valence electrons. The Kier molecular flexibility index (Phi) is 7.04. The molecule has 0 bridgehead atoms. The molecule has 1 N–H and O–H groups in total. The SMILES string of the molecule is O=C(NCCCN1CCN(c2ncccn2)CC1)c1ccc(Cl)cc1I. The molecule has 8 heteroatoms. The lowest BCUT2D eigenvalue weighted by Crippen LogP contribution is -2.47.